The number of rotatable bonds is 24. The number of hydrogen-bond donors (Lipinski definition) is 14. The predicted octanol–water partition coefficient (Wildman–Crippen LogP) is 1.16. The molecule has 1 aromatic heterocycles. The first kappa shape index (κ1) is 99.6. The van der Waals surface area contributed by atoms with Crippen LogP contribution < -0.4 is 53.6 Å². The normalized spacial score (nSPS) is 22.1. The molecule has 0 aliphatic carbocycles. The van der Waals surface area contributed by atoms with Crippen molar-refractivity contribution in [2.45, 2.75) is 171 Å². The Morgan fingerprint density at radius 2 is 0.984 bits per heavy atom. The lowest BCUT2D eigenvalue weighted by molar-refractivity contribution is -0.151. The van der Waals surface area contributed by atoms with Crippen LogP contribution in [-0.4, -0.2) is 278 Å². The molecule has 1 aliphatic heterocycles. The van der Waals surface area contributed by atoms with Crippen LogP contribution in [0.5, 0.6) is 5.75 Å². The summed E-state index contributed by atoms with van der Waals surface area (Å²) in [6.45, 7) is 8.11. The van der Waals surface area contributed by atoms with Crippen LogP contribution in [0, 0.1) is 5.92 Å². The van der Waals surface area contributed by atoms with Gasteiger partial charge in [0.15, 0.2) is 0 Å². The average molecular weight is 1760 g/mol. The molecule has 15 amide bonds. The van der Waals surface area contributed by atoms with Gasteiger partial charge in [-0.3, -0.25) is 81.5 Å². The Kier molecular flexibility index (Phi) is 38.4. The molecule has 1 unspecified atom stereocenters. The fourth-order valence-electron chi connectivity index (χ4n) is 14.3. The maximum atomic E-state index is 15.5. The summed E-state index contributed by atoms with van der Waals surface area (Å²) >= 11 is 0.816. The number of phenols is 1. The van der Waals surface area contributed by atoms with E-state index >= 15 is 28.8 Å². The van der Waals surface area contributed by atoms with Crippen molar-refractivity contribution in [3.63, 3.8) is 0 Å². The number of carboxylic acid groups (broad SMARTS) is 2. The molecule has 0 radical (unpaired) electrons. The summed E-state index contributed by atoms with van der Waals surface area (Å²) in [5.41, 5.74) is 8.46. The highest BCUT2D eigenvalue weighted by molar-refractivity contribution is 8.00. The van der Waals surface area contributed by atoms with Gasteiger partial charge in [0, 0.05) is 96.6 Å². The van der Waals surface area contributed by atoms with Crippen molar-refractivity contribution in [2.75, 3.05) is 66.4 Å². The van der Waals surface area contributed by atoms with Crippen molar-refractivity contribution >= 4 is 123 Å². The van der Waals surface area contributed by atoms with E-state index in [2.05, 4.69) is 59.4 Å². The number of para-hydroxylation sites is 1. The van der Waals surface area contributed by atoms with Gasteiger partial charge < -0.3 is 98.4 Å². The number of aromatic hydroxyl groups is 1. The van der Waals surface area contributed by atoms with Crippen LogP contribution in [0.2, 0.25) is 0 Å². The highest BCUT2D eigenvalue weighted by atomic mass is 32.2. The third kappa shape index (κ3) is 30.5. The molecule has 11 atom stereocenters. The number of benzene rings is 5. The van der Waals surface area contributed by atoms with Gasteiger partial charge in [-0.25, -0.2) is 0 Å². The SMILES string of the molecule is C=C(C)[C@@H]1NC(=O)[C@H](CC(=O)O)NC(=O)CN(C)C(=O)[C@H](CCCC)N(C)C(=O)[C@H](Cc2ccccc2)N(C)C(=O)[C@H](Cc2ccccc2)NC(=O)CSC[C@@H](C(=O)NCC(N)=O)NC(=O)[C@H](CC(C)C)NC(=O)[C@H](Cc2ccc(O)cc2)NC(=O)[C@H](Cc2c[nH]c3ccccc23)NC(=O)CN(C)C(=O)[C@H](CCC(=O)O)NC(=O)C(Cc2ccccc2)N(C)C1=O. The topological polar surface area (TPSA) is 517 Å². The number of carbonyl (C=O) groups excluding carboxylic acids is 15. The number of aliphatic carboxylic acids is 2. The smallest absolute Gasteiger partial charge is 0.305 e. The molecule has 37 heteroatoms. The summed E-state index contributed by atoms with van der Waals surface area (Å²) in [6.07, 6.45) is -1.26. The molecule has 5 aromatic carbocycles. The summed E-state index contributed by atoms with van der Waals surface area (Å²) in [7, 11) is 6.28. The van der Waals surface area contributed by atoms with Crippen molar-refractivity contribution in [3.05, 3.63) is 186 Å². The van der Waals surface area contributed by atoms with E-state index in [0.717, 1.165) is 43.3 Å². The van der Waals surface area contributed by atoms with Crippen LogP contribution >= 0.6 is 11.8 Å². The zero-order valence-electron chi connectivity index (χ0n) is 72.0. The van der Waals surface area contributed by atoms with Gasteiger partial charge >= 0.3 is 11.9 Å². The number of fused-ring (bicyclic) bond motifs is 1. The van der Waals surface area contributed by atoms with E-state index in [0.29, 0.717) is 51.6 Å². The molecule has 1 saturated heterocycles. The van der Waals surface area contributed by atoms with Gasteiger partial charge in [0.1, 0.15) is 72.2 Å². The van der Waals surface area contributed by atoms with Crippen LogP contribution in [0.25, 0.3) is 10.9 Å². The number of carboxylic acids is 2. The minimum absolute atomic E-state index is 0.0127. The number of unbranched alkanes of at least 4 members (excludes halogenated alkanes) is 1. The van der Waals surface area contributed by atoms with E-state index in [1.807, 2.05) is 6.92 Å². The third-order valence-corrected chi connectivity index (χ3v) is 22.2. The Morgan fingerprint density at radius 3 is 1.55 bits per heavy atom. The van der Waals surface area contributed by atoms with Crippen molar-refractivity contribution < 1.29 is 96.8 Å². The minimum Gasteiger partial charge on any atom is -0.508 e. The van der Waals surface area contributed by atoms with Gasteiger partial charge in [0.2, 0.25) is 88.6 Å². The Hall–Kier alpha value is -13.5. The number of hydrogen-bond acceptors (Lipinski definition) is 19. The van der Waals surface area contributed by atoms with Crippen LogP contribution in [0.4, 0.5) is 0 Å². The second kappa shape index (κ2) is 48.5. The van der Waals surface area contributed by atoms with Crippen LogP contribution in [-0.2, 0) is 114 Å². The number of primary amides is 1. The van der Waals surface area contributed by atoms with E-state index in [1.165, 1.54) is 59.4 Å². The van der Waals surface area contributed by atoms with Gasteiger partial charge in [-0.1, -0.05) is 162 Å². The van der Waals surface area contributed by atoms with Crippen molar-refractivity contribution in [2.24, 2.45) is 11.7 Å². The molecule has 126 heavy (non-hydrogen) atoms. The molecule has 1 aliphatic rings. The number of nitrogens with zero attached hydrogens (tertiary/aromatic N) is 5. The number of aromatic nitrogens is 1. The monoisotopic (exact) mass is 1760 g/mol. The number of thioether (sulfide) groups is 1. The lowest BCUT2D eigenvalue weighted by Gasteiger charge is -2.37. The largest absolute Gasteiger partial charge is 0.508 e. The van der Waals surface area contributed by atoms with Gasteiger partial charge in [0.05, 0.1) is 31.8 Å². The molecule has 676 valence electrons. The van der Waals surface area contributed by atoms with Gasteiger partial charge in [-0.2, -0.15) is 0 Å². The molecule has 36 nitrogen and oxygen atoms in total. The zero-order chi connectivity index (χ0) is 92.6. The van der Waals surface area contributed by atoms with Crippen LogP contribution in [0.1, 0.15) is 100 Å². The average Bonchev–Trinajstić information content (AvgIpc) is 1.31. The van der Waals surface area contributed by atoms with Gasteiger partial charge in [-0.05, 0) is 83.7 Å². The quantitative estimate of drug-likeness (QED) is 0.0378. The predicted molar refractivity (Wildman–Crippen MR) is 467 cm³/mol. The Morgan fingerprint density at radius 1 is 0.500 bits per heavy atom. The summed E-state index contributed by atoms with van der Waals surface area (Å²) in [4.78, 5) is 253. The molecular formula is C89H114N16O20S. The number of nitrogens with two attached hydrogens (primary N) is 1. The summed E-state index contributed by atoms with van der Waals surface area (Å²) in [5.74, 6) is -18.8. The molecule has 1 fully saturated rings. The summed E-state index contributed by atoms with van der Waals surface area (Å²) < 4.78 is 0. The van der Waals surface area contributed by atoms with E-state index in [9.17, 15) is 68.1 Å². The first-order valence-corrected chi connectivity index (χ1v) is 42.4. The standard InChI is InChI=1S/C89H114N16O20S/c1-11-12-32-69-87(123)102(7)49-74(109)94-66(45-77(113)114)83(119)100-78(53(4)5)89(125)104(9)70(42-55-26-18-14-19-27-55)84(120)96-62(37-38-76(111)112)85(121)101(6)48-73(108)93-65(44-58-46-91-61-31-23-22-30-60(58)61)82(118)98-64(40-57-33-35-59(106)36-34-57)81(117)97-63(39-52(2)3)80(116)99-68(79(115)92-47-72(90)107)50-126-51-75(110)95-67(41-54-24-16-13-17-25-54)86(122)105(10)71(88(124)103(69)8)43-56-28-20-15-21-29-56/h13-31,33-36,46,52,62-71,78,91,106H,4,11-12,32,37-45,47-51H2,1-3,5-10H3,(H2,90,107)(H,92,115)(H,93,108)(H,94,109)(H,95,110)(H,96,120)(H,97,117)(H,98,118)(H,99,116)(H,100,119)(H,111,112)(H,113,114)/t62-,63-,64-,65-,66-,67-,68-,69-,70?,71-,78-/m0/s1. The number of carbonyl (C=O) groups is 17. The first-order chi connectivity index (χ1) is 59.8. The molecule has 7 rings (SSSR count). The van der Waals surface area contributed by atoms with Crippen LogP contribution in [0.3, 0.4) is 0 Å². The van der Waals surface area contributed by atoms with E-state index < -0.39 is 217 Å². The lowest BCUT2D eigenvalue weighted by atomic mass is 9.99. The number of phenolic OH excluding ortho intramolecular Hbond substituents is 1. The fraction of sp³-hybridized carbons (Fsp3) is 0.427. The second-order valence-electron chi connectivity index (χ2n) is 31.7. The minimum atomic E-state index is -1.97. The van der Waals surface area contributed by atoms with E-state index in [-0.39, 0.29) is 62.2 Å². The van der Waals surface area contributed by atoms with Crippen molar-refractivity contribution in [3.8, 4) is 5.75 Å². The molecule has 0 bridgehead atoms. The fourth-order valence-corrected chi connectivity index (χ4v) is 15.1. The third-order valence-electron chi connectivity index (χ3n) is 21.1. The second-order valence-corrected chi connectivity index (χ2v) is 32.7. The molecule has 0 saturated carbocycles. The summed E-state index contributed by atoms with van der Waals surface area (Å²) in [5, 5.41) is 54.4. The number of aromatic amines is 1. The molecule has 0 spiro atoms. The summed E-state index contributed by atoms with van der Waals surface area (Å²) in [6, 6.07) is 20.3. The lowest BCUT2D eigenvalue weighted by Crippen LogP contribution is -2.60. The molecule has 15 N–H and O–H groups in total. The van der Waals surface area contributed by atoms with Crippen LogP contribution in [0.15, 0.2) is 158 Å². The Labute approximate surface area is 734 Å². The van der Waals surface area contributed by atoms with Crippen molar-refractivity contribution in [1.29, 1.82) is 0 Å². The van der Waals surface area contributed by atoms with Gasteiger partial charge in [0.25, 0.3) is 0 Å². The Balaban J connectivity index is 1.32. The maximum absolute atomic E-state index is 15.5. The maximum Gasteiger partial charge on any atom is 0.305 e. The number of amides is 15. The highest BCUT2D eigenvalue weighted by Crippen LogP contribution is 2.24. The zero-order valence-corrected chi connectivity index (χ0v) is 72.8. The molecular weight excluding hydrogens is 1650 g/mol. The first-order valence-electron chi connectivity index (χ1n) is 41.2. The Bertz CT molecular complexity index is 4870. The number of likely N-dealkylation sites (N-methyl/N-ethyl adjacent to an activating group) is 5. The van der Waals surface area contributed by atoms with Crippen molar-refractivity contribution in [1.82, 2.24) is 77.3 Å². The van der Waals surface area contributed by atoms with Gasteiger partial charge in [-0.15, -0.1) is 11.8 Å². The highest BCUT2D eigenvalue weighted by Gasteiger charge is 2.42. The van der Waals surface area contributed by atoms with E-state index in [1.54, 1.807) is 135 Å². The van der Waals surface area contributed by atoms with E-state index in [4.69, 9.17) is 5.73 Å². The number of nitrogens with one attached hydrogen (secondary N) is 10. The number of H-pyrrole nitrogens is 1. The molecule has 6 aromatic rings. The molecule has 2 heterocycles.